The highest BCUT2D eigenvalue weighted by Gasteiger charge is 2.24. The second kappa shape index (κ2) is 5.43. The zero-order chi connectivity index (χ0) is 12.1. The Morgan fingerprint density at radius 3 is 2.75 bits per heavy atom. The van der Waals surface area contributed by atoms with Gasteiger partial charge in [0.2, 0.25) is 5.78 Å². The van der Waals surface area contributed by atoms with Crippen LogP contribution in [0.25, 0.3) is 0 Å². The number of aliphatic hydroxyl groups is 1. The molecule has 1 rings (SSSR count). The standard InChI is InChI=1S/C10H15N3O3/c1-12-3-2-4-13(11)8-5-7(14)6-9(15)10(8)16/h5-6,12,15H,2-4,11H2,1H3. The van der Waals surface area contributed by atoms with Gasteiger partial charge in [-0.15, -0.1) is 0 Å². The van der Waals surface area contributed by atoms with Crippen LogP contribution in [-0.4, -0.2) is 41.8 Å². The van der Waals surface area contributed by atoms with Crippen LogP contribution in [0.4, 0.5) is 0 Å². The summed E-state index contributed by atoms with van der Waals surface area (Å²) in [7, 11) is 1.81. The number of nitrogens with zero attached hydrogens (tertiary/aromatic N) is 1. The molecule has 0 aromatic carbocycles. The quantitative estimate of drug-likeness (QED) is 0.246. The predicted octanol–water partition coefficient (Wildman–Crippen LogP) is -0.751. The number of hydrazine groups is 1. The summed E-state index contributed by atoms with van der Waals surface area (Å²) in [6.07, 6.45) is 2.74. The summed E-state index contributed by atoms with van der Waals surface area (Å²) in [5, 5.41) is 13.3. The number of nitrogens with two attached hydrogens (primary N) is 1. The Balaban J connectivity index is 2.65. The first-order valence-electron chi connectivity index (χ1n) is 4.94. The molecule has 0 radical (unpaired) electrons. The van der Waals surface area contributed by atoms with E-state index < -0.39 is 17.3 Å². The number of nitrogens with one attached hydrogen (secondary N) is 1. The average Bonchev–Trinajstić information content (AvgIpc) is 2.23. The van der Waals surface area contributed by atoms with Crippen molar-refractivity contribution in [1.29, 1.82) is 0 Å². The van der Waals surface area contributed by atoms with Crippen molar-refractivity contribution in [2.24, 2.45) is 5.84 Å². The maximum absolute atomic E-state index is 11.5. The molecule has 0 saturated heterocycles. The summed E-state index contributed by atoms with van der Waals surface area (Å²) in [5.74, 6) is 4.01. The fourth-order valence-electron chi connectivity index (χ4n) is 1.33. The number of carbonyl (C=O) groups is 2. The largest absolute Gasteiger partial charge is 0.504 e. The molecule has 6 nitrogen and oxygen atoms in total. The third kappa shape index (κ3) is 2.91. The molecule has 0 aliphatic heterocycles. The maximum Gasteiger partial charge on any atom is 0.244 e. The first-order chi connectivity index (χ1) is 7.56. The Hall–Kier alpha value is -1.66. The lowest BCUT2D eigenvalue weighted by molar-refractivity contribution is -0.118. The monoisotopic (exact) mass is 225 g/mol. The number of hydrogen-bond donors (Lipinski definition) is 3. The lowest BCUT2D eigenvalue weighted by Crippen LogP contribution is -2.37. The lowest BCUT2D eigenvalue weighted by atomic mass is 10.1. The van der Waals surface area contributed by atoms with Crippen LogP contribution in [0.15, 0.2) is 23.6 Å². The summed E-state index contributed by atoms with van der Waals surface area (Å²) < 4.78 is 0. The van der Waals surface area contributed by atoms with E-state index in [9.17, 15) is 14.7 Å². The number of aliphatic hydroxyl groups excluding tert-OH is 1. The number of ketones is 2. The van der Waals surface area contributed by atoms with Gasteiger partial charge in [-0.2, -0.15) is 0 Å². The molecule has 0 bridgehead atoms. The van der Waals surface area contributed by atoms with E-state index in [1.807, 2.05) is 7.05 Å². The fourth-order valence-corrected chi connectivity index (χ4v) is 1.33. The number of allylic oxidation sites excluding steroid dienone is 2. The van der Waals surface area contributed by atoms with Gasteiger partial charge in [0.1, 0.15) is 5.70 Å². The van der Waals surface area contributed by atoms with E-state index in [0.717, 1.165) is 25.1 Å². The van der Waals surface area contributed by atoms with Crippen molar-refractivity contribution in [2.75, 3.05) is 20.1 Å². The molecule has 0 spiro atoms. The maximum atomic E-state index is 11.5. The Kier molecular flexibility index (Phi) is 4.21. The molecule has 16 heavy (non-hydrogen) atoms. The van der Waals surface area contributed by atoms with Gasteiger partial charge in [-0.3, -0.25) is 9.59 Å². The molecule has 6 heteroatoms. The normalized spacial score (nSPS) is 15.9. The Bertz CT molecular complexity index is 360. The summed E-state index contributed by atoms with van der Waals surface area (Å²) >= 11 is 0. The Labute approximate surface area is 93.4 Å². The third-order valence-corrected chi connectivity index (χ3v) is 2.16. The van der Waals surface area contributed by atoms with Crippen LogP contribution in [0, 0.1) is 0 Å². The highest BCUT2D eigenvalue weighted by Crippen LogP contribution is 2.12. The zero-order valence-electron chi connectivity index (χ0n) is 9.06. The van der Waals surface area contributed by atoms with Crippen LogP contribution in [0.3, 0.4) is 0 Å². The SMILES string of the molecule is CNCCCN(N)C1=CC(=O)C=C(O)C1=O. The topological polar surface area (TPSA) is 95.7 Å². The second-order valence-corrected chi connectivity index (χ2v) is 3.44. The van der Waals surface area contributed by atoms with E-state index in [0.29, 0.717) is 6.54 Å². The van der Waals surface area contributed by atoms with Gasteiger partial charge >= 0.3 is 0 Å². The minimum atomic E-state index is -0.619. The van der Waals surface area contributed by atoms with Gasteiger partial charge < -0.3 is 15.4 Å². The molecular formula is C10H15N3O3. The van der Waals surface area contributed by atoms with Crippen molar-refractivity contribution in [2.45, 2.75) is 6.42 Å². The molecule has 0 aromatic rings. The van der Waals surface area contributed by atoms with Crippen LogP contribution in [0.1, 0.15) is 6.42 Å². The molecular weight excluding hydrogens is 210 g/mol. The highest BCUT2D eigenvalue weighted by atomic mass is 16.3. The van der Waals surface area contributed by atoms with Crippen LogP contribution < -0.4 is 11.2 Å². The zero-order valence-corrected chi connectivity index (χ0v) is 9.06. The Morgan fingerprint density at radius 1 is 1.44 bits per heavy atom. The van der Waals surface area contributed by atoms with Crippen molar-refractivity contribution >= 4 is 11.6 Å². The first-order valence-corrected chi connectivity index (χ1v) is 4.94. The molecule has 0 saturated carbocycles. The molecule has 0 unspecified atom stereocenters. The third-order valence-electron chi connectivity index (χ3n) is 2.16. The second-order valence-electron chi connectivity index (χ2n) is 3.44. The summed E-state index contributed by atoms with van der Waals surface area (Å²) in [6, 6.07) is 0. The lowest BCUT2D eigenvalue weighted by Gasteiger charge is -2.21. The summed E-state index contributed by atoms with van der Waals surface area (Å²) in [5.41, 5.74) is 0.0288. The highest BCUT2D eigenvalue weighted by molar-refractivity contribution is 6.18. The van der Waals surface area contributed by atoms with Crippen molar-refractivity contribution in [3.05, 3.63) is 23.6 Å². The smallest absolute Gasteiger partial charge is 0.244 e. The summed E-state index contributed by atoms with van der Waals surface area (Å²) in [6.45, 7) is 1.18. The van der Waals surface area contributed by atoms with Gasteiger partial charge in [-0.1, -0.05) is 0 Å². The van der Waals surface area contributed by atoms with Gasteiger partial charge in [-0.25, -0.2) is 5.84 Å². The molecule has 0 atom stereocenters. The van der Waals surface area contributed by atoms with Crippen molar-refractivity contribution in [3.8, 4) is 0 Å². The Morgan fingerprint density at radius 2 is 2.12 bits per heavy atom. The molecule has 1 aliphatic rings. The van der Waals surface area contributed by atoms with E-state index in [2.05, 4.69) is 5.32 Å². The van der Waals surface area contributed by atoms with Crippen molar-refractivity contribution in [3.63, 3.8) is 0 Å². The minimum absolute atomic E-state index is 0.0288. The molecule has 0 aromatic heterocycles. The van der Waals surface area contributed by atoms with E-state index >= 15 is 0 Å². The molecule has 0 amide bonds. The van der Waals surface area contributed by atoms with Crippen LogP contribution in [-0.2, 0) is 9.59 Å². The molecule has 4 N–H and O–H groups in total. The van der Waals surface area contributed by atoms with Crippen LogP contribution in [0.2, 0.25) is 0 Å². The van der Waals surface area contributed by atoms with Gasteiger partial charge in [-0.05, 0) is 20.0 Å². The minimum Gasteiger partial charge on any atom is -0.504 e. The number of hydrogen-bond acceptors (Lipinski definition) is 6. The molecule has 0 fully saturated rings. The molecule has 1 aliphatic carbocycles. The predicted molar refractivity (Wildman–Crippen MR) is 58.2 cm³/mol. The van der Waals surface area contributed by atoms with Crippen LogP contribution >= 0.6 is 0 Å². The van der Waals surface area contributed by atoms with E-state index in [1.165, 1.54) is 5.01 Å². The van der Waals surface area contributed by atoms with Gasteiger partial charge in [0.05, 0.1) is 0 Å². The fraction of sp³-hybridized carbons (Fsp3) is 0.400. The number of carbonyl (C=O) groups excluding carboxylic acids is 2. The van der Waals surface area contributed by atoms with Crippen molar-refractivity contribution in [1.82, 2.24) is 10.3 Å². The van der Waals surface area contributed by atoms with Gasteiger partial charge in [0.15, 0.2) is 11.5 Å². The van der Waals surface area contributed by atoms with Gasteiger partial charge in [0.25, 0.3) is 0 Å². The molecule has 88 valence electrons. The van der Waals surface area contributed by atoms with E-state index in [1.54, 1.807) is 0 Å². The van der Waals surface area contributed by atoms with Crippen molar-refractivity contribution < 1.29 is 14.7 Å². The summed E-state index contributed by atoms with van der Waals surface area (Å²) in [4.78, 5) is 22.6. The van der Waals surface area contributed by atoms with E-state index in [4.69, 9.17) is 5.84 Å². The first kappa shape index (κ1) is 12.4. The molecule has 0 heterocycles. The van der Waals surface area contributed by atoms with E-state index in [-0.39, 0.29) is 5.70 Å². The number of rotatable bonds is 5. The van der Waals surface area contributed by atoms with Gasteiger partial charge in [0, 0.05) is 18.7 Å². The van der Waals surface area contributed by atoms with Crippen LogP contribution in [0.5, 0.6) is 0 Å². The average molecular weight is 225 g/mol. The number of Topliss-reactive ketones (excluding diaryl/α,β-unsaturated/α-hetero) is 1.